The van der Waals surface area contributed by atoms with Gasteiger partial charge in [-0.2, -0.15) is 0 Å². The number of carbonyl (C=O) groups is 1. The van der Waals surface area contributed by atoms with Crippen molar-refractivity contribution in [3.8, 4) is 5.75 Å². The number of hydrogen-bond acceptors (Lipinski definition) is 5. The van der Waals surface area contributed by atoms with Gasteiger partial charge in [0.25, 0.3) is 10.0 Å². The lowest BCUT2D eigenvalue weighted by Crippen LogP contribution is -2.32. The minimum atomic E-state index is -5.06. The van der Waals surface area contributed by atoms with Crippen LogP contribution in [0.4, 0.5) is 18.0 Å². The Kier molecular flexibility index (Phi) is 4.82. The fraction of sp³-hybridized carbons (Fsp3) is 0.300. The molecule has 0 saturated carbocycles. The van der Waals surface area contributed by atoms with Crippen LogP contribution in [0, 0.1) is 0 Å². The van der Waals surface area contributed by atoms with Crippen molar-refractivity contribution in [3.63, 3.8) is 0 Å². The van der Waals surface area contributed by atoms with E-state index in [2.05, 4.69) is 9.47 Å². The molecule has 112 valence electrons. The van der Waals surface area contributed by atoms with Gasteiger partial charge < -0.3 is 9.47 Å². The summed E-state index contributed by atoms with van der Waals surface area (Å²) in [4.78, 5) is 10.2. The number of halogens is 3. The van der Waals surface area contributed by atoms with Gasteiger partial charge in [0.05, 0.1) is 6.61 Å². The van der Waals surface area contributed by atoms with Crippen molar-refractivity contribution in [2.75, 3.05) is 6.61 Å². The molecule has 0 aliphatic carbocycles. The molecule has 0 unspecified atom stereocenters. The molecule has 1 aromatic rings. The molecule has 0 aliphatic heterocycles. The summed E-state index contributed by atoms with van der Waals surface area (Å²) < 4.78 is 69.4. The number of amides is 1. The third-order valence-corrected chi connectivity index (χ3v) is 3.21. The van der Waals surface area contributed by atoms with Crippen molar-refractivity contribution < 1.29 is 35.9 Å². The van der Waals surface area contributed by atoms with E-state index in [4.69, 9.17) is 0 Å². The van der Waals surface area contributed by atoms with Crippen LogP contribution in [0.25, 0.3) is 0 Å². The SMILES string of the molecule is CCOC(=O)NS(=O)(=O)c1ccccc1OC(F)(F)F. The second kappa shape index (κ2) is 5.99. The van der Waals surface area contributed by atoms with Crippen molar-refractivity contribution in [2.45, 2.75) is 18.2 Å². The molecule has 0 saturated heterocycles. The number of hydrogen-bond donors (Lipinski definition) is 1. The van der Waals surface area contributed by atoms with Crippen molar-refractivity contribution in [2.24, 2.45) is 0 Å². The first-order valence-electron chi connectivity index (χ1n) is 5.20. The molecule has 10 heteroatoms. The summed E-state index contributed by atoms with van der Waals surface area (Å²) in [7, 11) is -4.53. The number of sulfonamides is 1. The van der Waals surface area contributed by atoms with Gasteiger partial charge in [0, 0.05) is 0 Å². The van der Waals surface area contributed by atoms with E-state index >= 15 is 0 Å². The zero-order valence-electron chi connectivity index (χ0n) is 10.1. The number of ether oxygens (including phenoxy) is 2. The van der Waals surface area contributed by atoms with E-state index in [1.807, 2.05) is 0 Å². The molecule has 6 nitrogen and oxygen atoms in total. The van der Waals surface area contributed by atoms with Crippen molar-refractivity contribution in [3.05, 3.63) is 24.3 Å². The lowest BCUT2D eigenvalue weighted by molar-refractivity contribution is -0.275. The molecule has 0 bridgehead atoms. The summed E-state index contributed by atoms with van der Waals surface area (Å²) in [6.45, 7) is 1.34. The minimum absolute atomic E-state index is 0.0952. The van der Waals surface area contributed by atoms with Gasteiger partial charge in [-0.3, -0.25) is 0 Å². The van der Waals surface area contributed by atoms with E-state index in [0.29, 0.717) is 0 Å². The van der Waals surface area contributed by atoms with Crippen molar-refractivity contribution in [1.82, 2.24) is 4.72 Å². The average Bonchev–Trinajstić information content (AvgIpc) is 2.26. The summed E-state index contributed by atoms with van der Waals surface area (Å²) in [6, 6.07) is 4.02. The lowest BCUT2D eigenvalue weighted by Gasteiger charge is -2.13. The normalized spacial score (nSPS) is 11.8. The number of rotatable bonds is 4. The first-order valence-corrected chi connectivity index (χ1v) is 6.68. The largest absolute Gasteiger partial charge is 0.573 e. The molecule has 0 fully saturated rings. The van der Waals surface area contributed by atoms with Crippen LogP contribution in [0.5, 0.6) is 5.75 Å². The molecule has 1 aromatic carbocycles. The molecular formula is C10H10F3NO5S. The molecular weight excluding hydrogens is 303 g/mol. The van der Waals surface area contributed by atoms with Crippen LogP contribution < -0.4 is 9.46 Å². The maximum Gasteiger partial charge on any atom is 0.573 e. The summed E-state index contributed by atoms with van der Waals surface area (Å²) in [5, 5.41) is 0. The first-order chi connectivity index (χ1) is 9.15. The standard InChI is InChI=1S/C10H10F3NO5S/c1-2-18-9(15)14-20(16,17)8-6-4-3-5-7(8)19-10(11,12)13/h3-6H,2H2,1H3,(H,14,15). The maximum absolute atomic E-state index is 12.2. The van der Waals surface area contributed by atoms with Crippen LogP contribution in [0.15, 0.2) is 29.2 Å². The molecule has 0 spiro atoms. The highest BCUT2D eigenvalue weighted by Gasteiger charge is 2.34. The Balaban J connectivity index is 3.09. The van der Waals surface area contributed by atoms with Crippen LogP contribution in [0.3, 0.4) is 0 Å². The zero-order valence-corrected chi connectivity index (χ0v) is 10.9. The molecule has 0 atom stereocenters. The topological polar surface area (TPSA) is 81.7 Å². The fourth-order valence-electron chi connectivity index (χ4n) is 1.21. The third-order valence-electron chi connectivity index (χ3n) is 1.86. The lowest BCUT2D eigenvalue weighted by atomic mass is 10.3. The highest BCUT2D eigenvalue weighted by atomic mass is 32.2. The van der Waals surface area contributed by atoms with Gasteiger partial charge in [-0.25, -0.2) is 17.9 Å². The van der Waals surface area contributed by atoms with Gasteiger partial charge in [-0.15, -0.1) is 13.2 Å². The van der Waals surface area contributed by atoms with Gasteiger partial charge >= 0.3 is 12.5 Å². The Morgan fingerprint density at radius 1 is 1.30 bits per heavy atom. The summed E-state index contributed by atoms with van der Waals surface area (Å²) >= 11 is 0. The molecule has 0 radical (unpaired) electrons. The number of para-hydroxylation sites is 1. The van der Waals surface area contributed by atoms with Crippen LogP contribution in [0.2, 0.25) is 0 Å². The number of alkyl halides is 3. The van der Waals surface area contributed by atoms with Crippen LogP contribution in [-0.2, 0) is 14.8 Å². The molecule has 0 aromatic heterocycles. The second-order valence-electron chi connectivity index (χ2n) is 3.32. The van der Waals surface area contributed by atoms with Gasteiger partial charge in [0.15, 0.2) is 0 Å². The van der Waals surface area contributed by atoms with Crippen LogP contribution >= 0.6 is 0 Å². The van der Waals surface area contributed by atoms with Gasteiger partial charge in [0.2, 0.25) is 0 Å². The summed E-state index contributed by atoms with van der Waals surface area (Å²) in [5.41, 5.74) is 0. The van der Waals surface area contributed by atoms with E-state index in [9.17, 15) is 26.4 Å². The van der Waals surface area contributed by atoms with Crippen LogP contribution in [-0.4, -0.2) is 27.5 Å². The Hall–Kier alpha value is -1.97. The maximum atomic E-state index is 12.2. The van der Waals surface area contributed by atoms with Crippen molar-refractivity contribution >= 4 is 16.1 Å². The van der Waals surface area contributed by atoms with E-state index < -0.39 is 33.1 Å². The quantitative estimate of drug-likeness (QED) is 0.919. The molecule has 0 aliphatic rings. The number of carbonyl (C=O) groups excluding carboxylic acids is 1. The van der Waals surface area contributed by atoms with Gasteiger partial charge in [-0.05, 0) is 19.1 Å². The first kappa shape index (κ1) is 16.1. The van der Waals surface area contributed by atoms with E-state index in [1.165, 1.54) is 17.7 Å². The highest BCUT2D eigenvalue weighted by molar-refractivity contribution is 7.90. The predicted molar refractivity (Wildman–Crippen MR) is 60.5 cm³/mol. The van der Waals surface area contributed by atoms with Crippen molar-refractivity contribution in [1.29, 1.82) is 0 Å². The molecule has 1 amide bonds. The Morgan fingerprint density at radius 2 is 1.90 bits per heavy atom. The Bertz CT molecular complexity index is 585. The van der Waals surface area contributed by atoms with E-state index in [1.54, 1.807) is 0 Å². The highest BCUT2D eigenvalue weighted by Crippen LogP contribution is 2.29. The Labute approximate surface area is 112 Å². The second-order valence-corrected chi connectivity index (χ2v) is 4.97. The summed E-state index contributed by atoms with van der Waals surface area (Å²) in [5.74, 6) is -0.947. The van der Waals surface area contributed by atoms with Crippen LogP contribution in [0.1, 0.15) is 6.92 Å². The molecule has 1 N–H and O–H groups in total. The van der Waals surface area contributed by atoms with Gasteiger partial charge in [0.1, 0.15) is 10.6 Å². The zero-order chi connectivity index (χ0) is 15.4. The molecule has 0 heterocycles. The fourth-order valence-corrected chi connectivity index (χ4v) is 2.23. The molecule has 20 heavy (non-hydrogen) atoms. The minimum Gasteiger partial charge on any atom is -0.449 e. The summed E-state index contributed by atoms with van der Waals surface area (Å²) in [6.07, 6.45) is -6.36. The predicted octanol–water partition coefficient (Wildman–Crippen LogP) is 2.02. The third kappa shape index (κ3) is 4.61. The van der Waals surface area contributed by atoms with Gasteiger partial charge in [-0.1, -0.05) is 12.1 Å². The number of benzene rings is 1. The van der Waals surface area contributed by atoms with E-state index in [0.717, 1.165) is 18.2 Å². The Morgan fingerprint density at radius 3 is 2.45 bits per heavy atom. The smallest absolute Gasteiger partial charge is 0.449 e. The molecule has 1 rings (SSSR count). The average molecular weight is 313 g/mol. The van der Waals surface area contributed by atoms with E-state index in [-0.39, 0.29) is 6.61 Å². The monoisotopic (exact) mass is 313 g/mol. The number of nitrogens with one attached hydrogen (secondary N) is 1.